The molecular formula is C25H25FN2O6. The number of benzene rings is 2. The molecule has 0 aliphatic rings. The summed E-state index contributed by atoms with van der Waals surface area (Å²) in [4.78, 5) is 37.1. The fraction of sp³-hybridized carbons (Fsp3) is 0.240. The summed E-state index contributed by atoms with van der Waals surface area (Å²) < 4.78 is 31.1. The third-order valence-corrected chi connectivity index (χ3v) is 5.20. The van der Waals surface area contributed by atoms with Gasteiger partial charge in [-0.3, -0.25) is 14.4 Å². The van der Waals surface area contributed by atoms with Gasteiger partial charge >= 0.3 is 5.97 Å². The van der Waals surface area contributed by atoms with E-state index in [9.17, 15) is 18.8 Å². The van der Waals surface area contributed by atoms with Crippen LogP contribution in [0.3, 0.4) is 0 Å². The lowest BCUT2D eigenvalue weighted by molar-refractivity contribution is -0.141. The van der Waals surface area contributed by atoms with Crippen LogP contribution >= 0.6 is 0 Å². The highest BCUT2D eigenvalue weighted by Gasteiger charge is 2.20. The molecular weight excluding hydrogens is 443 g/mol. The lowest BCUT2D eigenvalue weighted by atomic mass is 10.1. The largest absolute Gasteiger partial charge is 0.497 e. The first-order valence-electron chi connectivity index (χ1n) is 10.4. The molecule has 0 aliphatic heterocycles. The van der Waals surface area contributed by atoms with Crippen LogP contribution in [0.15, 0.2) is 48.5 Å². The Morgan fingerprint density at radius 3 is 2.24 bits per heavy atom. The number of Topliss-reactive ketones (excluding diaryl/α,β-unsaturated/α-hetero) is 1. The number of rotatable bonds is 9. The van der Waals surface area contributed by atoms with Crippen molar-refractivity contribution in [2.24, 2.45) is 0 Å². The van der Waals surface area contributed by atoms with Crippen LogP contribution in [0.1, 0.15) is 32.1 Å². The first kappa shape index (κ1) is 24.5. The van der Waals surface area contributed by atoms with Gasteiger partial charge in [0.25, 0.3) is 5.91 Å². The molecule has 2 aromatic carbocycles. The van der Waals surface area contributed by atoms with E-state index in [1.165, 1.54) is 32.4 Å². The minimum atomic E-state index is -0.778. The minimum Gasteiger partial charge on any atom is -0.497 e. The van der Waals surface area contributed by atoms with Gasteiger partial charge in [0.05, 0.1) is 19.9 Å². The van der Waals surface area contributed by atoms with Gasteiger partial charge in [0, 0.05) is 28.6 Å². The fourth-order valence-electron chi connectivity index (χ4n) is 3.52. The third kappa shape index (κ3) is 5.43. The van der Waals surface area contributed by atoms with Crippen molar-refractivity contribution < 1.29 is 33.0 Å². The van der Waals surface area contributed by atoms with Gasteiger partial charge < -0.3 is 24.1 Å². The number of amides is 1. The van der Waals surface area contributed by atoms with Crippen molar-refractivity contribution in [1.29, 1.82) is 0 Å². The maximum absolute atomic E-state index is 14.2. The highest BCUT2D eigenvalue weighted by atomic mass is 19.1. The topological polar surface area (TPSA) is 95.9 Å². The highest BCUT2D eigenvalue weighted by molar-refractivity contribution is 6.00. The van der Waals surface area contributed by atoms with Gasteiger partial charge in [-0.15, -0.1) is 0 Å². The summed E-state index contributed by atoms with van der Waals surface area (Å²) in [5.74, 6) is -1.32. The summed E-state index contributed by atoms with van der Waals surface area (Å²) in [5.41, 5.74) is 2.08. The van der Waals surface area contributed by atoms with E-state index in [4.69, 9.17) is 14.2 Å². The summed E-state index contributed by atoms with van der Waals surface area (Å²) in [7, 11) is 2.91. The Balaban J connectivity index is 1.60. The van der Waals surface area contributed by atoms with E-state index in [1.807, 2.05) is 0 Å². The van der Waals surface area contributed by atoms with Gasteiger partial charge in [-0.05, 0) is 44.2 Å². The van der Waals surface area contributed by atoms with Gasteiger partial charge in [-0.25, -0.2) is 4.39 Å². The van der Waals surface area contributed by atoms with Crippen molar-refractivity contribution in [1.82, 2.24) is 9.88 Å². The molecule has 0 saturated carbocycles. The molecule has 1 N–H and O–H groups in total. The van der Waals surface area contributed by atoms with E-state index < -0.39 is 36.6 Å². The first-order chi connectivity index (χ1) is 16.2. The van der Waals surface area contributed by atoms with Crippen LogP contribution in [-0.4, -0.2) is 49.6 Å². The third-order valence-electron chi connectivity index (χ3n) is 5.20. The lowest BCUT2D eigenvalue weighted by Gasteiger charge is -2.11. The average molecular weight is 468 g/mol. The van der Waals surface area contributed by atoms with Crippen LogP contribution in [0, 0.1) is 19.7 Å². The zero-order chi connectivity index (χ0) is 24.8. The molecule has 8 nitrogen and oxygen atoms in total. The summed E-state index contributed by atoms with van der Waals surface area (Å²) in [5, 5.41) is 2.44. The molecule has 0 bridgehead atoms. The number of methoxy groups -OCH3 is 2. The smallest absolute Gasteiger partial charge is 0.325 e. The Morgan fingerprint density at radius 2 is 1.62 bits per heavy atom. The molecule has 0 radical (unpaired) electrons. The molecule has 0 fully saturated rings. The quantitative estimate of drug-likeness (QED) is 0.382. The molecule has 0 aliphatic carbocycles. The van der Waals surface area contributed by atoms with Crippen LogP contribution in [0.2, 0.25) is 0 Å². The van der Waals surface area contributed by atoms with E-state index in [-0.39, 0.29) is 5.56 Å². The summed E-state index contributed by atoms with van der Waals surface area (Å²) in [6, 6.07) is 12.5. The molecule has 9 heteroatoms. The maximum atomic E-state index is 14.2. The van der Waals surface area contributed by atoms with Crippen LogP contribution in [0.25, 0.3) is 5.69 Å². The second kappa shape index (κ2) is 10.7. The number of nitrogens with one attached hydrogen (secondary N) is 1. The Kier molecular flexibility index (Phi) is 7.68. The number of hydrogen-bond donors (Lipinski definition) is 1. The minimum absolute atomic E-state index is 0.237. The molecule has 3 rings (SSSR count). The normalized spacial score (nSPS) is 10.5. The van der Waals surface area contributed by atoms with E-state index >= 15 is 0 Å². The number of carbonyl (C=O) groups excluding carboxylic acids is 3. The lowest BCUT2D eigenvalue weighted by Crippen LogP contribution is -2.31. The van der Waals surface area contributed by atoms with Crippen LogP contribution in [-0.2, 0) is 9.53 Å². The number of halogens is 1. The van der Waals surface area contributed by atoms with Crippen molar-refractivity contribution in [2.75, 3.05) is 27.4 Å². The van der Waals surface area contributed by atoms with Crippen LogP contribution in [0.4, 0.5) is 4.39 Å². The fourth-order valence-corrected chi connectivity index (χ4v) is 3.52. The zero-order valence-corrected chi connectivity index (χ0v) is 19.3. The molecule has 0 saturated heterocycles. The van der Waals surface area contributed by atoms with E-state index in [0.29, 0.717) is 34.1 Å². The monoisotopic (exact) mass is 468 g/mol. The molecule has 0 spiro atoms. The second-order valence-electron chi connectivity index (χ2n) is 7.44. The molecule has 0 atom stereocenters. The van der Waals surface area contributed by atoms with E-state index in [1.54, 1.807) is 48.7 Å². The second-order valence-corrected chi connectivity index (χ2v) is 7.44. The molecule has 1 aromatic heterocycles. The highest BCUT2D eigenvalue weighted by Crippen LogP contribution is 2.24. The maximum Gasteiger partial charge on any atom is 0.325 e. The molecule has 1 heterocycles. The van der Waals surface area contributed by atoms with Crippen molar-refractivity contribution in [3.8, 4) is 17.2 Å². The number of ketones is 1. The van der Waals surface area contributed by atoms with Gasteiger partial charge in [0.1, 0.15) is 23.9 Å². The van der Waals surface area contributed by atoms with Crippen molar-refractivity contribution in [2.45, 2.75) is 13.8 Å². The Labute approximate surface area is 196 Å². The first-order valence-corrected chi connectivity index (χ1v) is 10.4. The number of para-hydroxylation sites is 1. The van der Waals surface area contributed by atoms with Gasteiger partial charge in [-0.2, -0.15) is 0 Å². The van der Waals surface area contributed by atoms with E-state index in [2.05, 4.69) is 5.32 Å². The van der Waals surface area contributed by atoms with Crippen molar-refractivity contribution in [3.63, 3.8) is 0 Å². The summed E-state index contributed by atoms with van der Waals surface area (Å²) >= 11 is 0. The number of aromatic nitrogens is 1. The molecule has 0 unspecified atom stereocenters. The Morgan fingerprint density at radius 1 is 0.971 bits per heavy atom. The number of carbonyl (C=O) groups is 3. The van der Waals surface area contributed by atoms with Crippen LogP contribution < -0.4 is 14.8 Å². The summed E-state index contributed by atoms with van der Waals surface area (Å²) in [6.45, 7) is 2.51. The number of aryl methyl sites for hydroxylation is 1. The molecule has 3 aromatic rings. The number of nitrogens with zero attached hydrogens (tertiary/aromatic N) is 1. The van der Waals surface area contributed by atoms with Gasteiger partial charge in [0.15, 0.2) is 6.61 Å². The predicted molar refractivity (Wildman–Crippen MR) is 122 cm³/mol. The number of esters is 1. The zero-order valence-electron chi connectivity index (χ0n) is 19.3. The number of hydrogen-bond acceptors (Lipinski definition) is 6. The molecule has 1 amide bonds. The van der Waals surface area contributed by atoms with Gasteiger partial charge in [-0.1, -0.05) is 12.1 Å². The average Bonchev–Trinajstić information content (AvgIpc) is 3.14. The molecule has 178 valence electrons. The van der Waals surface area contributed by atoms with E-state index in [0.717, 1.165) is 0 Å². The number of ether oxygens (including phenoxy) is 3. The van der Waals surface area contributed by atoms with Crippen molar-refractivity contribution in [3.05, 3.63) is 76.9 Å². The Hall–Kier alpha value is -4.14. The van der Waals surface area contributed by atoms with Gasteiger partial charge in [0.2, 0.25) is 5.78 Å². The SMILES string of the molecule is COc1cc(OC)cc(C(=O)NCC(=O)OCC(=O)c2cc(C)n(-c3ccccc3F)c2C)c1. The van der Waals surface area contributed by atoms with Crippen LogP contribution in [0.5, 0.6) is 11.5 Å². The summed E-state index contributed by atoms with van der Waals surface area (Å²) in [6.07, 6.45) is 0. The Bertz CT molecular complexity index is 1210. The van der Waals surface area contributed by atoms with Crippen molar-refractivity contribution >= 4 is 17.7 Å². The predicted octanol–water partition coefficient (Wildman–Crippen LogP) is 3.41. The standard InChI is InChI=1S/C25H25FN2O6/c1-15-9-20(16(2)28(15)22-8-6-5-7-21(22)26)23(29)14-34-24(30)13-27-25(31)17-10-18(32-3)12-19(11-17)33-4/h5-12H,13-14H2,1-4H3,(H,27,31). The molecule has 34 heavy (non-hydrogen) atoms.